The lowest BCUT2D eigenvalue weighted by molar-refractivity contribution is 1.17. The van der Waals surface area contributed by atoms with Gasteiger partial charge in [0.2, 0.25) is 0 Å². The van der Waals surface area contributed by atoms with Crippen molar-refractivity contribution in [3.63, 3.8) is 0 Å². The molecule has 7 aromatic carbocycles. The maximum atomic E-state index is 2.40. The van der Waals surface area contributed by atoms with E-state index in [1.165, 1.54) is 82.4 Å². The molecule has 0 N–H and O–H groups in total. The van der Waals surface area contributed by atoms with E-state index in [4.69, 9.17) is 0 Å². The van der Waals surface area contributed by atoms with Crippen molar-refractivity contribution >= 4 is 54.4 Å². The molecule has 2 nitrogen and oxygen atoms in total. The fraction of sp³-hybridized carbons (Fsp3) is 0.0244. The Morgan fingerprint density at radius 1 is 0.349 bits per heavy atom. The Kier molecular flexibility index (Phi) is 5.15. The summed E-state index contributed by atoms with van der Waals surface area (Å²) < 4.78 is 4.79. The molecule has 0 saturated carbocycles. The van der Waals surface area contributed by atoms with Gasteiger partial charge < -0.3 is 9.13 Å². The van der Waals surface area contributed by atoms with Crippen LogP contribution in [-0.4, -0.2) is 9.13 Å². The van der Waals surface area contributed by atoms with Crippen LogP contribution >= 0.6 is 0 Å². The topological polar surface area (TPSA) is 9.86 Å². The van der Waals surface area contributed by atoms with Crippen LogP contribution in [0.3, 0.4) is 0 Å². The van der Waals surface area contributed by atoms with E-state index in [0.717, 1.165) is 0 Å². The summed E-state index contributed by atoms with van der Waals surface area (Å²) in [7, 11) is 0. The fourth-order valence-electron chi connectivity index (χ4n) is 6.94. The smallest absolute Gasteiger partial charge is 0.0541 e. The van der Waals surface area contributed by atoms with Crippen LogP contribution in [0.4, 0.5) is 0 Å². The monoisotopic (exact) mass is 548 g/mol. The highest BCUT2D eigenvalue weighted by Crippen LogP contribution is 2.38. The lowest BCUT2D eigenvalue weighted by Crippen LogP contribution is -1.94. The van der Waals surface area contributed by atoms with Crippen molar-refractivity contribution in [1.29, 1.82) is 0 Å². The van der Waals surface area contributed by atoms with Crippen molar-refractivity contribution in [2.75, 3.05) is 0 Å². The molecule has 0 amide bonds. The zero-order valence-electron chi connectivity index (χ0n) is 23.8. The third kappa shape index (κ3) is 3.67. The maximum absolute atomic E-state index is 2.40. The van der Waals surface area contributed by atoms with Gasteiger partial charge in [-0.25, -0.2) is 0 Å². The van der Waals surface area contributed by atoms with Gasteiger partial charge in [0.1, 0.15) is 0 Å². The summed E-state index contributed by atoms with van der Waals surface area (Å²) in [6.07, 6.45) is 0. The molecular formula is C41H28N2. The second kappa shape index (κ2) is 9.20. The van der Waals surface area contributed by atoms with Gasteiger partial charge in [0.05, 0.1) is 22.1 Å². The molecule has 9 rings (SSSR count). The van der Waals surface area contributed by atoms with E-state index in [-0.39, 0.29) is 0 Å². The van der Waals surface area contributed by atoms with E-state index >= 15 is 0 Å². The zero-order chi connectivity index (χ0) is 28.5. The fourth-order valence-corrected chi connectivity index (χ4v) is 6.94. The Balaban J connectivity index is 1.25. The number of aryl methyl sites for hydroxylation is 1. The molecule has 2 heteroatoms. The van der Waals surface area contributed by atoms with Gasteiger partial charge in [-0.15, -0.1) is 0 Å². The summed E-state index contributed by atoms with van der Waals surface area (Å²) in [5.74, 6) is 0. The minimum absolute atomic E-state index is 1.18. The number of fused-ring (bicyclic) bond motifs is 7. The third-order valence-electron chi connectivity index (χ3n) is 8.93. The Bertz CT molecular complexity index is 2520. The van der Waals surface area contributed by atoms with Crippen molar-refractivity contribution in [2.45, 2.75) is 6.92 Å². The van der Waals surface area contributed by atoms with Gasteiger partial charge in [0, 0.05) is 32.9 Å². The van der Waals surface area contributed by atoms with E-state index in [2.05, 4.69) is 168 Å². The van der Waals surface area contributed by atoms with Crippen LogP contribution < -0.4 is 0 Å². The van der Waals surface area contributed by atoms with Crippen LogP contribution in [0.2, 0.25) is 0 Å². The average molecular weight is 549 g/mol. The van der Waals surface area contributed by atoms with Gasteiger partial charge >= 0.3 is 0 Å². The number of rotatable bonds is 3. The van der Waals surface area contributed by atoms with Crippen LogP contribution in [0.1, 0.15) is 5.56 Å². The standard InChI is InChI=1S/C41H28N2/c1-27-9-8-12-32(23-27)42-38-15-6-4-13-34(38)36-25-30(18-21-40(36)42)31-19-22-41-37(26-31)35-14-5-7-16-39(35)43(41)33-20-17-28-10-2-3-11-29(28)24-33/h2-26H,1H3. The van der Waals surface area contributed by atoms with Crippen LogP contribution in [0.25, 0.3) is 76.9 Å². The summed E-state index contributed by atoms with van der Waals surface area (Å²) >= 11 is 0. The van der Waals surface area contributed by atoms with Crippen LogP contribution in [0.15, 0.2) is 152 Å². The van der Waals surface area contributed by atoms with Gasteiger partial charge in [0.25, 0.3) is 0 Å². The Morgan fingerprint density at radius 2 is 0.884 bits per heavy atom. The predicted molar refractivity (Wildman–Crippen MR) is 183 cm³/mol. The molecule has 0 aliphatic rings. The second-order valence-electron chi connectivity index (χ2n) is 11.5. The number of nitrogens with zero attached hydrogens (tertiary/aromatic N) is 2. The quantitative estimate of drug-likeness (QED) is 0.208. The highest BCUT2D eigenvalue weighted by Gasteiger charge is 2.16. The average Bonchev–Trinajstić information content (AvgIpc) is 3.57. The number of aromatic nitrogens is 2. The van der Waals surface area contributed by atoms with Gasteiger partial charge in [-0.1, -0.05) is 91.0 Å². The Hall–Kier alpha value is -5.60. The van der Waals surface area contributed by atoms with E-state index in [9.17, 15) is 0 Å². The highest BCUT2D eigenvalue weighted by molar-refractivity contribution is 6.12. The summed E-state index contributed by atoms with van der Waals surface area (Å²) in [6.45, 7) is 2.16. The van der Waals surface area contributed by atoms with E-state index in [0.29, 0.717) is 0 Å². The van der Waals surface area contributed by atoms with Crippen LogP contribution in [-0.2, 0) is 0 Å². The molecule has 0 spiro atoms. The van der Waals surface area contributed by atoms with Gasteiger partial charge in [-0.05, 0) is 95.1 Å². The van der Waals surface area contributed by atoms with Crippen molar-refractivity contribution in [3.8, 4) is 22.5 Å². The summed E-state index contributed by atoms with van der Waals surface area (Å²) in [4.78, 5) is 0. The minimum atomic E-state index is 1.18. The second-order valence-corrected chi connectivity index (χ2v) is 11.5. The molecule has 0 saturated heterocycles. The van der Waals surface area contributed by atoms with E-state index < -0.39 is 0 Å². The highest BCUT2D eigenvalue weighted by atomic mass is 15.0. The van der Waals surface area contributed by atoms with Crippen LogP contribution in [0, 0.1) is 6.92 Å². The maximum Gasteiger partial charge on any atom is 0.0541 e. The summed E-state index contributed by atoms with van der Waals surface area (Å²) in [5.41, 5.74) is 11.0. The predicted octanol–water partition coefficient (Wildman–Crippen LogP) is 11.0. The molecule has 2 aromatic heterocycles. The lowest BCUT2D eigenvalue weighted by atomic mass is 10.0. The van der Waals surface area contributed by atoms with Crippen molar-refractivity contribution in [1.82, 2.24) is 9.13 Å². The summed E-state index contributed by atoms with van der Waals surface area (Å²) in [6, 6.07) is 55.5. The number of para-hydroxylation sites is 2. The van der Waals surface area contributed by atoms with Gasteiger partial charge in [0.15, 0.2) is 0 Å². The molecule has 202 valence electrons. The normalized spacial score (nSPS) is 11.8. The molecule has 0 unspecified atom stereocenters. The lowest BCUT2D eigenvalue weighted by Gasteiger charge is -2.10. The molecule has 0 fully saturated rings. The molecule has 0 aliphatic heterocycles. The molecule has 43 heavy (non-hydrogen) atoms. The molecule has 0 bridgehead atoms. The first kappa shape index (κ1) is 24.0. The largest absolute Gasteiger partial charge is 0.309 e. The first-order valence-electron chi connectivity index (χ1n) is 14.9. The Morgan fingerprint density at radius 3 is 1.51 bits per heavy atom. The number of benzene rings is 7. The van der Waals surface area contributed by atoms with Crippen LogP contribution in [0.5, 0.6) is 0 Å². The molecule has 0 radical (unpaired) electrons. The molecule has 9 aromatic rings. The van der Waals surface area contributed by atoms with Crippen molar-refractivity contribution < 1.29 is 0 Å². The Labute approximate surface area is 249 Å². The van der Waals surface area contributed by atoms with Gasteiger partial charge in [-0.2, -0.15) is 0 Å². The zero-order valence-corrected chi connectivity index (χ0v) is 23.8. The molecule has 0 aliphatic carbocycles. The SMILES string of the molecule is Cc1cccc(-n2c3ccccc3c3cc(-c4ccc5c(c4)c4ccccc4n5-c4ccc5ccccc5c4)ccc32)c1. The third-order valence-corrected chi connectivity index (χ3v) is 8.93. The van der Waals surface area contributed by atoms with Gasteiger partial charge in [-0.3, -0.25) is 0 Å². The number of hydrogen-bond acceptors (Lipinski definition) is 0. The number of hydrogen-bond donors (Lipinski definition) is 0. The van der Waals surface area contributed by atoms with Crippen molar-refractivity contribution in [2.24, 2.45) is 0 Å². The van der Waals surface area contributed by atoms with Crippen molar-refractivity contribution in [3.05, 3.63) is 157 Å². The molecule has 0 atom stereocenters. The first-order chi connectivity index (χ1) is 21.2. The summed E-state index contributed by atoms with van der Waals surface area (Å²) in [5, 5.41) is 7.59. The van der Waals surface area contributed by atoms with E-state index in [1.807, 2.05) is 0 Å². The minimum Gasteiger partial charge on any atom is -0.309 e. The molecule has 2 heterocycles. The van der Waals surface area contributed by atoms with E-state index in [1.54, 1.807) is 0 Å². The first-order valence-corrected chi connectivity index (χ1v) is 14.9. The molecular weight excluding hydrogens is 520 g/mol.